The van der Waals surface area contributed by atoms with Gasteiger partial charge in [-0.05, 0) is 73.5 Å². The quantitative estimate of drug-likeness (QED) is 0.263. The lowest BCUT2D eigenvalue weighted by molar-refractivity contribution is 0.402. The topological polar surface area (TPSA) is 43.2 Å². The standard InChI is InChI=1S/C36H48N2O2.C2H5.Al/c1-33(2,3)25-17-23(31(39)27(19-25)35(7,8)9)21-37-29-15-13-14-16-30(29)38-22-24-18-26(34(4,5)6)20-28(32(24)40)36(10,11)12;1-2;/h13-22,39-40H,1-12H3;1H2,2H3;/q;;+2/p-2. The first kappa shape index (κ1) is 33.0. The van der Waals surface area contributed by atoms with Crippen molar-refractivity contribution in [2.24, 2.45) is 9.98 Å². The SMILES string of the molecule is C[CH2][Al]1[O]c2c(cc(C(C)(C)C)cc2C(C)(C)C)C=Nc2ccccc2N=Cc2cc(C(C)(C)C)cc(C(C)(C)C)c2[O]1. The van der Waals surface area contributed by atoms with Crippen molar-refractivity contribution >= 4 is 38.6 Å². The van der Waals surface area contributed by atoms with Crippen LogP contribution in [0.15, 0.2) is 58.5 Å². The lowest BCUT2D eigenvalue weighted by atomic mass is 9.79. The molecule has 5 heteroatoms. The summed E-state index contributed by atoms with van der Waals surface area (Å²) in [5.41, 5.74) is 8.10. The zero-order valence-corrected chi connectivity index (χ0v) is 29.9. The predicted molar refractivity (Wildman–Crippen MR) is 186 cm³/mol. The van der Waals surface area contributed by atoms with E-state index >= 15 is 0 Å². The van der Waals surface area contributed by atoms with Gasteiger partial charge in [-0.3, -0.25) is 9.98 Å². The highest BCUT2D eigenvalue weighted by Crippen LogP contribution is 2.42. The molecule has 0 bridgehead atoms. The van der Waals surface area contributed by atoms with Crippen LogP contribution in [0.3, 0.4) is 0 Å². The average molecular weight is 595 g/mol. The van der Waals surface area contributed by atoms with Gasteiger partial charge in [-0.25, -0.2) is 0 Å². The Morgan fingerprint density at radius 1 is 0.558 bits per heavy atom. The minimum absolute atomic E-state index is 0.0321. The van der Waals surface area contributed by atoms with Gasteiger partial charge < -0.3 is 7.58 Å². The largest absolute Gasteiger partial charge is 0.856 e. The van der Waals surface area contributed by atoms with Crippen LogP contribution in [0.4, 0.5) is 11.4 Å². The fraction of sp³-hybridized carbons (Fsp3) is 0.474. The number of rotatable bonds is 1. The molecule has 4 nitrogen and oxygen atoms in total. The molecule has 0 atom stereocenters. The van der Waals surface area contributed by atoms with E-state index in [1.807, 2.05) is 36.7 Å². The molecule has 0 amide bonds. The van der Waals surface area contributed by atoms with Crippen molar-refractivity contribution in [3.63, 3.8) is 0 Å². The third kappa shape index (κ3) is 7.62. The molecule has 0 aliphatic carbocycles. The minimum atomic E-state index is -2.27. The summed E-state index contributed by atoms with van der Waals surface area (Å²) in [5.74, 6) is 1.76. The molecule has 3 aromatic rings. The van der Waals surface area contributed by atoms with Crippen LogP contribution in [0.5, 0.6) is 11.5 Å². The fourth-order valence-electron chi connectivity index (χ4n) is 5.15. The zero-order chi connectivity index (χ0) is 32.0. The Hall–Kier alpha value is -2.87. The molecule has 0 N–H and O–H groups in total. The van der Waals surface area contributed by atoms with Crippen LogP contribution in [0.25, 0.3) is 0 Å². The maximum atomic E-state index is 7.08. The van der Waals surface area contributed by atoms with Crippen LogP contribution >= 0.6 is 0 Å². The van der Waals surface area contributed by atoms with Crippen LogP contribution in [-0.2, 0) is 21.7 Å². The molecule has 4 rings (SSSR count). The molecule has 3 aromatic carbocycles. The van der Waals surface area contributed by atoms with Gasteiger partial charge in [0.2, 0.25) is 0 Å². The minimum Gasteiger partial charge on any atom is -0.611 e. The summed E-state index contributed by atoms with van der Waals surface area (Å²) >= 11 is -2.27. The van der Waals surface area contributed by atoms with Gasteiger partial charge in [0.05, 0.1) is 22.9 Å². The molecule has 0 aromatic heterocycles. The van der Waals surface area contributed by atoms with Crippen LogP contribution in [0.2, 0.25) is 5.28 Å². The lowest BCUT2D eigenvalue weighted by Gasteiger charge is -2.32. The van der Waals surface area contributed by atoms with Crippen molar-refractivity contribution in [1.82, 2.24) is 0 Å². The highest BCUT2D eigenvalue weighted by atomic mass is 27.2. The van der Waals surface area contributed by atoms with E-state index < -0.39 is 14.8 Å². The third-order valence-electron chi connectivity index (χ3n) is 7.98. The van der Waals surface area contributed by atoms with Crippen molar-refractivity contribution in [3.05, 3.63) is 81.9 Å². The maximum absolute atomic E-state index is 7.08. The van der Waals surface area contributed by atoms with Gasteiger partial charge >= 0.3 is 14.8 Å². The first-order valence-corrected chi connectivity index (χ1v) is 17.4. The first-order chi connectivity index (χ1) is 19.8. The van der Waals surface area contributed by atoms with Gasteiger partial charge in [0.15, 0.2) is 0 Å². The van der Waals surface area contributed by atoms with E-state index in [-0.39, 0.29) is 21.7 Å². The average Bonchev–Trinajstić information content (AvgIpc) is 2.89. The summed E-state index contributed by atoms with van der Waals surface area (Å²) in [7, 11) is 0. The molecule has 43 heavy (non-hydrogen) atoms. The number of hydrogen-bond donors (Lipinski definition) is 0. The molecule has 0 spiro atoms. The van der Waals surface area contributed by atoms with E-state index in [0.29, 0.717) is 0 Å². The van der Waals surface area contributed by atoms with Gasteiger partial charge in [0, 0.05) is 23.6 Å². The van der Waals surface area contributed by atoms with Crippen molar-refractivity contribution in [2.75, 3.05) is 0 Å². The molecule has 0 unspecified atom stereocenters. The monoisotopic (exact) mass is 594 g/mol. The van der Waals surface area contributed by atoms with Gasteiger partial charge in [0.25, 0.3) is 0 Å². The van der Waals surface area contributed by atoms with Gasteiger partial charge in [0.1, 0.15) is 0 Å². The van der Waals surface area contributed by atoms with Crippen molar-refractivity contribution in [1.29, 1.82) is 0 Å². The smallest absolute Gasteiger partial charge is 0.611 e. The summed E-state index contributed by atoms with van der Waals surface area (Å²) in [5, 5.41) is 0.808. The highest BCUT2D eigenvalue weighted by molar-refractivity contribution is 6.46. The number of nitrogens with zero attached hydrogens (tertiary/aromatic N) is 2. The molecular formula is C38H51AlN2O2. The second kappa shape index (κ2) is 11.9. The molecule has 0 radical (unpaired) electrons. The molecule has 1 aliphatic heterocycles. The number of aliphatic imine (C=N–C) groups is 2. The summed E-state index contributed by atoms with van der Waals surface area (Å²) in [6, 6.07) is 17.2. The Morgan fingerprint density at radius 2 is 0.930 bits per heavy atom. The fourth-order valence-corrected chi connectivity index (χ4v) is 6.59. The van der Waals surface area contributed by atoms with Crippen molar-refractivity contribution in [2.45, 2.75) is 117 Å². The normalized spacial score (nSPS) is 14.4. The van der Waals surface area contributed by atoms with Crippen LogP contribution in [0, 0.1) is 0 Å². The Bertz CT molecular complexity index is 1430. The second-order valence-electron chi connectivity index (χ2n) is 16.0. The summed E-state index contributed by atoms with van der Waals surface area (Å²) in [4.78, 5) is 10.0. The summed E-state index contributed by atoms with van der Waals surface area (Å²) in [6.45, 7) is 29.2. The maximum Gasteiger partial charge on any atom is 0.856 e. The Morgan fingerprint density at radius 3 is 1.23 bits per heavy atom. The predicted octanol–water partition coefficient (Wildman–Crippen LogP) is 10.7. The summed E-state index contributed by atoms with van der Waals surface area (Å²) in [6.07, 6.45) is 3.91. The molecular weight excluding hydrogens is 543 g/mol. The first-order valence-electron chi connectivity index (χ1n) is 15.7. The van der Waals surface area contributed by atoms with E-state index in [9.17, 15) is 0 Å². The number of hydrogen-bond acceptors (Lipinski definition) is 4. The van der Waals surface area contributed by atoms with E-state index in [2.05, 4.69) is 114 Å². The van der Waals surface area contributed by atoms with E-state index in [0.717, 1.165) is 39.3 Å². The Kier molecular flexibility index (Phi) is 9.15. The number of fused-ring (bicyclic) bond motifs is 3. The molecule has 0 saturated heterocycles. The van der Waals surface area contributed by atoms with Crippen LogP contribution in [-0.4, -0.2) is 27.2 Å². The molecule has 228 valence electrons. The Balaban J connectivity index is 2.08. The zero-order valence-electron chi connectivity index (χ0n) is 28.8. The van der Waals surface area contributed by atoms with Crippen molar-refractivity contribution in [3.8, 4) is 11.5 Å². The molecule has 1 heterocycles. The highest BCUT2D eigenvalue weighted by Gasteiger charge is 2.37. The van der Waals surface area contributed by atoms with E-state index in [1.54, 1.807) is 0 Å². The van der Waals surface area contributed by atoms with Crippen LogP contribution in [0.1, 0.15) is 123 Å². The van der Waals surface area contributed by atoms with Crippen molar-refractivity contribution < 1.29 is 7.58 Å². The molecule has 1 aliphatic rings. The van der Waals surface area contributed by atoms with Crippen LogP contribution < -0.4 is 7.58 Å². The molecule has 0 fully saturated rings. The van der Waals surface area contributed by atoms with E-state index in [4.69, 9.17) is 17.6 Å². The lowest BCUT2D eigenvalue weighted by Crippen LogP contribution is -2.33. The van der Waals surface area contributed by atoms with Gasteiger partial charge in [-0.15, -0.1) is 0 Å². The second-order valence-corrected chi connectivity index (χ2v) is 18.1. The summed E-state index contributed by atoms with van der Waals surface area (Å²) < 4.78 is 14.2. The Labute approximate surface area is 265 Å². The van der Waals surface area contributed by atoms with E-state index in [1.165, 1.54) is 22.3 Å². The van der Waals surface area contributed by atoms with Gasteiger partial charge in [-0.1, -0.05) is 114 Å². The number of para-hydroxylation sites is 2. The number of benzene rings is 3. The molecule has 0 saturated carbocycles. The third-order valence-corrected chi connectivity index (χ3v) is 9.65. The van der Waals surface area contributed by atoms with Gasteiger partial charge in [-0.2, -0.15) is 0 Å².